The van der Waals surface area contributed by atoms with Crippen molar-refractivity contribution < 1.29 is 4.74 Å². The van der Waals surface area contributed by atoms with Gasteiger partial charge in [-0.1, -0.05) is 70.2 Å². The smallest absolute Gasteiger partial charge is 0.259 e. The molecule has 0 bridgehead atoms. The predicted octanol–water partition coefficient (Wildman–Crippen LogP) is 4.41. The Morgan fingerprint density at radius 1 is 1.23 bits per heavy atom. The van der Waals surface area contributed by atoms with Crippen LogP contribution in [-0.4, -0.2) is 20.9 Å². The number of hydrogen-bond donors (Lipinski definition) is 2. The molecule has 1 spiro atoms. The second-order valence-corrected chi connectivity index (χ2v) is 9.14. The molecule has 3 aliphatic rings. The SMILES string of the molecule is S=C1N[C@@]2(CCS1)Oc1ccc(Br)cc1[C@@H]1C=C(c3ccccc3)NN12. The zero-order valence-electron chi connectivity index (χ0n) is 13.7. The number of halogens is 1. The van der Waals surface area contributed by atoms with Crippen molar-refractivity contribution in [2.75, 3.05) is 5.75 Å². The van der Waals surface area contributed by atoms with Gasteiger partial charge in [-0.25, -0.2) is 0 Å². The first kappa shape index (κ1) is 16.6. The first-order valence-electron chi connectivity index (χ1n) is 8.41. The van der Waals surface area contributed by atoms with Crippen molar-refractivity contribution in [3.05, 3.63) is 70.2 Å². The highest BCUT2D eigenvalue weighted by Crippen LogP contribution is 2.47. The lowest BCUT2D eigenvalue weighted by Gasteiger charge is -2.50. The Morgan fingerprint density at radius 3 is 2.88 bits per heavy atom. The van der Waals surface area contributed by atoms with E-state index in [4.69, 9.17) is 17.0 Å². The molecule has 132 valence electrons. The van der Waals surface area contributed by atoms with E-state index in [0.29, 0.717) is 0 Å². The van der Waals surface area contributed by atoms with Gasteiger partial charge in [0.1, 0.15) is 10.1 Å². The van der Waals surface area contributed by atoms with Gasteiger partial charge in [-0.15, -0.1) is 0 Å². The molecule has 2 aromatic rings. The van der Waals surface area contributed by atoms with Crippen LogP contribution in [0.15, 0.2) is 59.1 Å². The summed E-state index contributed by atoms with van der Waals surface area (Å²) in [5.41, 5.74) is 6.94. The van der Waals surface area contributed by atoms with Crippen LogP contribution in [0.3, 0.4) is 0 Å². The normalized spacial score (nSPS) is 27.0. The maximum Gasteiger partial charge on any atom is 0.259 e. The van der Waals surface area contributed by atoms with Gasteiger partial charge >= 0.3 is 0 Å². The molecule has 0 amide bonds. The molecule has 2 aromatic carbocycles. The van der Waals surface area contributed by atoms with Gasteiger partial charge in [0.25, 0.3) is 5.85 Å². The number of benzene rings is 2. The minimum absolute atomic E-state index is 0.0601. The monoisotopic (exact) mass is 445 g/mol. The molecule has 1 saturated heterocycles. The van der Waals surface area contributed by atoms with Crippen LogP contribution in [0.2, 0.25) is 0 Å². The van der Waals surface area contributed by atoms with Gasteiger partial charge in [0.2, 0.25) is 0 Å². The standard InChI is InChI=1S/C19H16BrN3OS2/c20-13-6-7-17-14(10-13)16-11-15(12-4-2-1-3-5-12)22-23(16)19(24-17)8-9-26-18(25)21-19/h1-7,10-11,16,22H,8-9H2,(H,21,25)/t16-,19+/m0/s1. The Labute approximate surface area is 170 Å². The first-order chi connectivity index (χ1) is 12.6. The Hall–Kier alpha value is -1.54. The van der Waals surface area contributed by atoms with E-state index >= 15 is 0 Å². The third-order valence-electron chi connectivity index (χ3n) is 4.86. The van der Waals surface area contributed by atoms with Gasteiger partial charge in [-0.3, -0.25) is 0 Å². The summed E-state index contributed by atoms with van der Waals surface area (Å²) in [5, 5.41) is 5.58. The lowest BCUT2D eigenvalue weighted by Crippen LogP contribution is -2.69. The van der Waals surface area contributed by atoms with E-state index in [1.54, 1.807) is 11.8 Å². The zero-order valence-corrected chi connectivity index (χ0v) is 17.0. The summed E-state index contributed by atoms with van der Waals surface area (Å²) < 4.78 is 8.29. The molecule has 0 saturated carbocycles. The van der Waals surface area contributed by atoms with Gasteiger partial charge in [0, 0.05) is 22.2 Å². The maximum absolute atomic E-state index is 6.48. The van der Waals surface area contributed by atoms with Crippen LogP contribution in [0.25, 0.3) is 5.70 Å². The second kappa shape index (κ2) is 6.27. The van der Waals surface area contributed by atoms with E-state index in [-0.39, 0.29) is 6.04 Å². The lowest BCUT2D eigenvalue weighted by atomic mass is 10.0. The average Bonchev–Trinajstić information content (AvgIpc) is 3.10. The van der Waals surface area contributed by atoms with Crippen LogP contribution < -0.4 is 15.5 Å². The molecule has 3 aliphatic heterocycles. The van der Waals surface area contributed by atoms with E-state index in [1.807, 2.05) is 18.2 Å². The van der Waals surface area contributed by atoms with Crippen LogP contribution in [0.1, 0.15) is 23.6 Å². The quantitative estimate of drug-likeness (QED) is 0.633. The van der Waals surface area contributed by atoms with E-state index in [2.05, 4.69) is 68.1 Å². The zero-order chi connectivity index (χ0) is 17.7. The van der Waals surface area contributed by atoms with Crippen LogP contribution >= 0.6 is 39.9 Å². The Balaban J connectivity index is 1.62. The van der Waals surface area contributed by atoms with Crippen LogP contribution in [0, 0.1) is 0 Å². The van der Waals surface area contributed by atoms with E-state index in [1.165, 1.54) is 0 Å². The highest BCUT2D eigenvalue weighted by Gasteiger charge is 2.52. The molecule has 0 radical (unpaired) electrons. The van der Waals surface area contributed by atoms with Crippen LogP contribution in [0.5, 0.6) is 5.75 Å². The summed E-state index contributed by atoms with van der Waals surface area (Å²) >= 11 is 10.7. The fourth-order valence-corrected chi connectivity index (χ4v) is 5.25. The number of thioether (sulfide) groups is 1. The summed E-state index contributed by atoms with van der Waals surface area (Å²) in [6, 6.07) is 16.6. The minimum Gasteiger partial charge on any atom is -0.452 e. The van der Waals surface area contributed by atoms with Gasteiger partial charge in [-0.05, 0) is 29.8 Å². The van der Waals surface area contributed by atoms with E-state index in [9.17, 15) is 0 Å². The van der Waals surface area contributed by atoms with Gasteiger partial charge < -0.3 is 15.5 Å². The van der Waals surface area contributed by atoms with Crippen molar-refractivity contribution >= 4 is 49.9 Å². The molecule has 1 fully saturated rings. The Bertz CT molecular complexity index is 920. The van der Waals surface area contributed by atoms with Gasteiger partial charge in [-0.2, -0.15) is 5.01 Å². The third-order valence-corrected chi connectivity index (χ3v) is 6.58. The highest BCUT2D eigenvalue weighted by molar-refractivity contribution is 9.10. The molecule has 0 aliphatic carbocycles. The number of nitrogens with one attached hydrogen (secondary N) is 2. The van der Waals surface area contributed by atoms with Crippen LogP contribution in [0.4, 0.5) is 0 Å². The number of fused-ring (bicyclic) bond motifs is 4. The molecule has 4 nitrogen and oxygen atoms in total. The number of hydrogen-bond acceptors (Lipinski definition) is 5. The Morgan fingerprint density at radius 2 is 2.08 bits per heavy atom. The van der Waals surface area contributed by atoms with Gasteiger partial charge in [0.15, 0.2) is 0 Å². The van der Waals surface area contributed by atoms with E-state index < -0.39 is 5.85 Å². The second-order valence-electron chi connectivity index (χ2n) is 6.45. The molecule has 7 heteroatoms. The summed E-state index contributed by atoms with van der Waals surface area (Å²) in [6.45, 7) is 0. The number of thiocarbonyl (C=S) groups is 1. The van der Waals surface area contributed by atoms with Crippen LogP contribution in [-0.2, 0) is 0 Å². The van der Waals surface area contributed by atoms with Gasteiger partial charge in [0.05, 0.1) is 11.7 Å². The van der Waals surface area contributed by atoms with Crippen molar-refractivity contribution in [3.8, 4) is 5.75 Å². The first-order valence-corrected chi connectivity index (χ1v) is 10.6. The minimum atomic E-state index is -0.680. The summed E-state index contributed by atoms with van der Waals surface area (Å²) in [4.78, 5) is 0. The summed E-state index contributed by atoms with van der Waals surface area (Å²) in [6.07, 6.45) is 3.09. The lowest BCUT2D eigenvalue weighted by molar-refractivity contribution is -0.143. The fraction of sp³-hybridized carbons (Fsp3) is 0.211. The number of rotatable bonds is 1. The molecule has 26 heavy (non-hydrogen) atoms. The average molecular weight is 446 g/mol. The molecule has 3 heterocycles. The molecule has 5 rings (SSSR count). The van der Waals surface area contributed by atoms with E-state index in [0.717, 1.165) is 43.5 Å². The predicted molar refractivity (Wildman–Crippen MR) is 112 cm³/mol. The maximum atomic E-state index is 6.48. The van der Waals surface area contributed by atoms with Crippen molar-refractivity contribution in [1.29, 1.82) is 0 Å². The molecule has 0 unspecified atom stereocenters. The molecule has 2 N–H and O–H groups in total. The number of hydrazine groups is 1. The largest absolute Gasteiger partial charge is 0.452 e. The topological polar surface area (TPSA) is 36.5 Å². The van der Waals surface area contributed by atoms with Crippen molar-refractivity contribution in [1.82, 2.24) is 15.8 Å². The molecular weight excluding hydrogens is 430 g/mol. The number of ether oxygens (including phenoxy) is 1. The number of nitrogens with zero attached hydrogens (tertiary/aromatic N) is 1. The molecule has 0 aromatic heterocycles. The highest BCUT2D eigenvalue weighted by atomic mass is 79.9. The van der Waals surface area contributed by atoms with Crippen molar-refractivity contribution in [2.24, 2.45) is 0 Å². The van der Waals surface area contributed by atoms with Crippen molar-refractivity contribution in [3.63, 3.8) is 0 Å². The Kier molecular flexibility index (Phi) is 4.01. The summed E-state index contributed by atoms with van der Waals surface area (Å²) in [7, 11) is 0. The molecule has 2 atom stereocenters. The third kappa shape index (κ3) is 2.65. The van der Waals surface area contributed by atoms with Crippen molar-refractivity contribution in [2.45, 2.75) is 18.3 Å². The molecular formula is C19H16BrN3OS2. The summed E-state index contributed by atoms with van der Waals surface area (Å²) in [5.74, 6) is 1.13. The fourth-order valence-electron chi connectivity index (χ4n) is 3.66.